The summed E-state index contributed by atoms with van der Waals surface area (Å²) in [5.41, 5.74) is 2.78. The molecule has 0 amide bonds. The summed E-state index contributed by atoms with van der Waals surface area (Å²) >= 11 is 0. The van der Waals surface area contributed by atoms with E-state index in [0.717, 1.165) is 28.2 Å². The topological polar surface area (TPSA) is 59.7 Å². The average molecular weight is 368 g/mol. The second kappa shape index (κ2) is 8.54. The number of hydrogen-bond acceptors (Lipinski definition) is 3. The molecular formula is C22H21FO4. The van der Waals surface area contributed by atoms with Crippen LogP contribution in [0.15, 0.2) is 59.0 Å². The fourth-order valence-corrected chi connectivity index (χ4v) is 2.82. The Hall–Kier alpha value is -3.08. The number of ether oxygens (including phenoxy) is 1. The summed E-state index contributed by atoms with van der Waals surface area (Å²) in [6.07, 6.45) is 1.45. The molecule has 0 saturated heterocycles. The van der Waals surface area contributed by atoms with Crippen molar-refractivity contribution in [2.24, 2.45) is 0 Å². The normalized spacial score (nSPS) is 10.7. The predicted octanol–water partition coefficient (Wildman–Crippen LogP) is 5.38. The van der Waals surface area contributed by atoms with E-state index in [0.29, 0.717) is 25.2 Å². The van der Waals surface area contributed by atoms with Gasteiger partial charge in [0.25, 0.3) is 0 Å². The summed E-state index contributed by atoms with van der Waals surface area (Å²) in [4.78, 5) is 10.6. The Balaban J connectivity index is 1.63. The molecule has 0 fully saturated rings. The van der Waals surface area contributed by atoms with Crippen LogP contribution in [0.1, 0.15) is 29.7 Å². The lowest BCUT2D eigenvalue weighted by molar-refractivity contribution is -0.137. The van der Waals surface area contributed by atoms with Crippen molar-refractivity contribution in [1.29, 1.82) is 0 Å². The van der Waals surface area contributed by atoms with Gasteiger partial charge in [0.05, 0.1) is 0 Å². The summed E-state index contributed by atoms with van der Waals surface area (Å²) in [7, 11) is 0. The van der Waals surface area contributed by atoms with Crippen molar-refractivity contribution in [2.45, 2.75) is 32.8 Å². The number of rotatable bonds is 8. The Morgan fingerprint density at radius 3 is 2.67 bits per heavy atom. The molecular weight excluding hydrogens is 347 g/mol. The van der Waals surface area contributed by atoms with E-state index in [4.69, 9.17) is 14.3 Å². The van der Waals surface area contributed by atoms with Gasteiger partial charge in [0.1, 0.15) is 29.7 Å². The second-order valence-corrected chi connectivity index (χ2v) is 6.38. The van der Waals surface area contributed by atoms with Crippen LogP contribution in [0.25, 0.3) is 11.3 Å². The van der Waals surface area contributed by atoms with Gasteiger partial charge in [-0.25, -0.2) is 4.39 Å². The molecule has 1 aromatic heterocycles. The fraction of sp³-hybridized carbons (Fsp3) is 0.227. The maximum Gasteiger partial charge on any atom is 0.303 e. The first-order chi connectivity index (χ1) is 13.0. The van der Waals surface area contributed by atoms with E-state index in [-0.39, 0.29) is 12.2 Å². The van der Waals surface area contributed by atoms with Crippen LogP contribution in [0, 0.1) is 12.7 Å². The largest absolute Gasteiger partial charge is 0.489 e. The van der Waals surface area contributed by atoms with Crippen LogP contribution in [0.4, 0.5) is 4.39 Å². The Kier molecular flexibility index (Phi) is 5.91. The quantitative estimate of drug-likeness (QED) is 0.580. The van der Waals surface area contributed by atoms with Gasteiger partial charge < -0.3 is 14.3 Å². The molecule has 0 bridgehead atoms. The van der Waals surface area contributed by atoms with E-state index in [1.165, 1.54) is 12.1 Å². The summed E-state index contributed by atoms with van der Waals surface area (Å²) in [6, 6.07) is 15.7. The number of benzene rings is 2. The summed E-state index contributed by atoms with van der Waals surface area (Å²) in [5, 5.41) is 8.73. The Bertz CT molecular complexity index is 912. The lowest BCUT2D eigenvalue weighted by atomic mass is 10.1. The first-order valence-electron chi connectivity index (χ1n) is 8.80. The number of carbonyl (C=O) groups is 1. The minimum atomic E-state index is -0.783. The monoisotopic (exact) mass is 368 g/mol. The van der Waals surface area contributed by atoms with Crippen LogP contribution in [0.5, 0.6) is 5.75 Å². The van der Waals surface area contributed by atoms with Gasteiger partial charge in [-0.05, 0) is 67.8 Å². The molecule has 0 radical (unpaired) electrons. The maximum absolute atomic E-state index is 13.1. The molecule has 1 heterocycles. The molecule has 0 aliphatic heterocycles. The number of carboxylic acid groups (broad SMARTS) is 1. The first-order valence-corrected chi connectivity index (χ1v) is 8.80. The molecule has 3 aromatic rings. The van der Waals surface area contributed by atoms with Crippen molar-refractivity contribution >= 4 is 5.97 Å². The molecule has 3 rings (SSSR count). The molecule has 2 aromatic carbocycles. The molecule has 140 valence electrons. The number of hydrogen-bond donors (Lipinski definition) is 1. The zero-order valence-corrected chi connectivity index (χ0v) is 15.1. The van der Waals surface area contributed by atoms with Crippen molar-refractivity contribution in [1.82, 2.24) is 0 Å². The van der Waals surface area contributed by atoms with Crippen molar-refractivity contribution in [3.05, 3.63) is 77.3 Å². The molecule has 0 saturated carbocycles. The first kappa shape index (κ1) is 18.7. The number of carboxylic acids is 1. The molecule has 0 aliphatic carbocycles. The van der Waals surface area contributed by atoms with Gasteiger partial charge >= 0.3 is 5.97 Å². The van der Waals surface area contributed by atoms with E-state index < -0.39 is 5.97 Å². The van der Waals surface area contributed by atoms with E-state index in [1.54, 1.807) is 12.1 Å². The molecule has 4 nitrogen and oxygen atoms in total. The van der Waals surface area contributed by atoms with E-state index in [1.807, 2.05) is 37.3 Å². The minimum Gasteiger partial charge on any atom is -0.489 e. The van der Waals surface area contributed by atoms with Gasteiger partial charge in [0.2, 0.25) is 0 Å². The van der Waals surface area contributed by atoms with E-state index in [9.17, 15) is 9.18 Å². The second-order valence-electron chi connectivity index (χ2n) is 6.38. The van der Waals surface area contributed by atoms with Crippen molar-refractivity contribution < 1.29 is 23.4 Å². The zero-order valence-electron chi connectivity index (χ0n) is 15.1. The van der Waals surface area contributed by atoms with Crippen LogP contribution in [-0.4, -0.2) is 11.1 Å². The fourth-order valence-electron chi connectivity index (χ4n) is 2.82. The van der Waals surface area contributed by atoms with Crippen LogP contribution in [-0.2, 0) is 17.8 Å². The highest BCUT2D eigenvalue weighted by Gasteiger charge is 2.10. The van der Waals surface area contributed by atoms with Crippen LogP contribution in [0.2, 0.25) is 0 Å². The Morgan fingerprint density at radius 2 is 1.93 bits per heavy atom. The third-order valence-electron chi connectivity index (χ3n) is 4.30. The number of aryl methyl sites for hydroxylation is 2. The van der Waals surface area contributed by atoms with Gasteiger partial charge in [0, 0.05) is 17.5 Å². The smallest absolute Gasteiger partial charge is 0.303 e. The number of aliphatic carboxylic acids is 1. The van der Waals surface area contributed by atoms with Crippen molar-refractivity contribution in [3.63, 3.8) is 0 Å². The van der Waals surface area contributed by atoms with Crippen molar-refractivity contribution in [2.75, 3.05) is 0 Å². The molecule has 5 heteroatoms. The van der Waals surface area contributed by atoms with Crippen LogP contribution < -0.4 is 4.74 Å². The van der Waals surface area contributed by atoms with Crippen LogP contribution >= 0.6 is 0 Å². The Labute approximate surface area is 157 Å². The highest BCUT2D eigenvalue weighted by molar-refractivity contribution is 5.66. The molecule has 27 heavy (non-hydrogen) atoms. The van der Waals surface area contributed by atoms with Gasteiger partial charge in [0.15, 0.2) is 0 Å². The average Bonchev–Trinajstić information content (AvgIpc) is 3.01. The lowest BCUT2D eigenvalue weighted by Crippen LogP contribution is -1.98. The highest BCUT2D eigenvalue weighted by Crippen LogP contribution is 2.27. The Morgan fingerprint density at radius 1 is 1.15 bits per heavy atom. The number of furan rings is 1. The standard InChI is InChI=1S/C22H21FO4/c1-15-18(13-21(27-15)17-8-10-19(23)11-9-17)14-26-20-6-2-4-16(12-20)5-3-7-22(24)25/h2,4,6,8-13H,3,5,7,14H2,1H3,(H,24,25). The molecule has 0 unspecified atom stereocenters. The molecule has 0 aliphatic rings. The SMILES string of the molecule is Cc1oc(-c2ccc(F)cc2)cc1COc1cccc(CCCC(=O)O)c1. The van der Waals surface area contributed by atoms with Crippen molar-refractivity contribution in [3.8, 4) is 17.1 Å². The third-order valence-corrected chi connectivity index (χ3v) is 4.30. The molecule has 0 spiro atoms. The van der Waals surface area contributed by atoms with Gasteiger partial charge in [-0.3, -0.25) is 4.79 Å². The lowest BCUT2D eigenvalue weighted by Gasteiger charge is -2.07. The number of halogens is 1. The van der Waals surface area contributed by atoms with E-state index >= 15 is 0 Å². The van der Waals surface area contributed by atoms with Crippen LogP contribution in [0.3, 0.4) is 0 Å². The van der Waals surface area contributed by atoms with Gasteiger partial charge in [-0.2, -0.15) is 0 Å². The summed E-state index contributed by atoms with van der Waals surface area (Å²) in [5.74, 6) is 1.09. The van der Waals surface area contributed by atoms with E-state index in [2.05, 4.69) is 0 Å². The summed E-state index contributed by atoms with van der Waals surface area (Å²) in [6.45, 7) is 2.23. The predicted molar refractivity (Wildman–Crippen MR) is 100 cm³/mol. The third kappa shape index (κ3) is 5.20. The molecule has 1 N–H and O–H groups in total. The highest BCUT2D eigenvalue weighted by atomic mass is 19.1. The maximum atomic E-state index is 13.1. The van der Waals surface area contributed by atoms with Gasteiger partial charge in [-0.15, -0.1) is 0 Å². The zero-order chi connectivity index (χ0) is 19.2. The minimum absolute atomic E-state index is 0.158. The summed E-state index contributed by atoms with van der Waals surface area (Å²) < 4.78 is 24.7. The van der Waals surface area contributed by atoms with Gasteiger partial charge in [-0.1, -0.05) is 12.1 Å². The molecule has 0 atom stereocenters.